The van der Waals surface area contributed by atoms with E-state index in [1.807, 2.05) is 12.1 Å². The zero-order chi connectivity index (χ0) is 15.5. The third kappa shape index (κ3) is 3.32. The number of benzene rings is 2. The molecule has 0 unspecified atom stereocenters. The predicted octanol–water partition coefficient (Wildman–Crippen LogP) is 2.85. The van der Waals surface area contributed by atoms with Gasteiger partial charge in [0, 0.05) is 0 Å². The van der Waals surface area contributed by atoms with Crippen LogP contribution < -0.4 is 4.18 Å². The number of nitriles is 2. The SMILES string of the molecule is N#Cc1cccc(S(=O)(=O)Oc2ccc(C#N)cc2Cl)c1. The summed E-state index contributed by atoms with van der Waals surface area (Å²) in [7, 11) is -4.11. The first-order chi connectivity index (χ1) is 9.96. The van der Waals surface area contributed by atoms with Crippen LogP contribution in [0.25, 0.3) is 0 Å². The molecule has 0 aliphatic carbocycles. The summed E-state index contributed by atoms with van der Waals surface area (Å²) in [6, 6.07) is 13.2. The van der Waals surface area contributed by atoms with Gasteiger partial charge in [-0.3, -0.25) is 0 Å². The molecule has 0 spiro atoms. The highest BCUT2D eigenvalue weighted by Crippen LogP contribution is 2.28. The van der Waals surface area contributed by atoms with Crippen molar-refractivity contribution in [2.45, 2.75) is 4.90 Å². The molecule has 0 bridgehead atoms. The van der Waals surface area contributed by atoms with Crippen LogP contribution in [0.3, 0.4) is 0 Å². The lowest BCUT2D eigenvalue weighted by atomic mass is 10.2. The summed E-state index contributed by atoms with van der Waals surface area (Å²) >= 11 is 5.87. The molecule has 0 aromatic heterocycles. The van der Waals surface area contributed by atoms with Crippen molar-refractivity contribution in [1.29, 1.82) is 10.5 Å². The fourth-order valence-electron chi connectivity index (χ4n) is 1.53. The number of rotatable bonds is 3. The highest BCUT2D eigenvalue weighted by Gasteiger charge is 2.19. The second kappa shape index (κ2) is 5.84. The van der Waals surface area contributed by atoms with Gasteiger partial charge >= 0.3 is 10.1 Å². The predicted molar refractivity (Wildman–Crippen MR) is 75.1 cm³/mol. The van der Waals surface area contributed by atoms with Crippen molar-refractivity contribution in [3.05, 3.63) is 58.6 Å². The molecular weight excluding hydrogens is 312 g/mol. The van der Waals surface area contributed by atoms with E-state index in [0.717, 1.165) is 0 Å². The quantitative estimate of drug-likeness (QED) is 0.811. The van der Waals surface area contributed by atoms with Gasteiger partial charge in [-0.25, -0.2) is 0 Å². The van der Waals surface area contributed by atoms with Crippen LogP contribution in [-0.4, -0.2) is 8.42 Å². The molecule has 0 aliphatic rings. The zero-order valence-electron chi connectivity index (χ0n) is 10.4. The van der Waals surface area contributed by atoms with E-state index in [1.54, 1.807) is 0 Å². The highest BCUT2D eigenvalue weighted by molar-refractivity contribution is 7.87. The van der Waals surface area contributed by atoms with Crippen LogP contribution in [0.4, 0.5) is 0 Å². The van der Waals surface area contributed by atoms with E-state index in [9.17, 15) is 8.42 Å². The van der Waals surface area contributed by atoms with E-state index in [2.05, 4.69) is 0 Å². The number of hydrogen-bond acceptors (Lipinski definition) is 5. The fourth-order valence-corrected chi connectivity index (χ4v) is 2.78. The molecule has 0 aliphatic heterocycles. The summed E-state index contributed by atoms with van der Waals surface area (Å²) in [5, 5.41) is 17.5. The molecule has 104 valence electrons. The first-order valence-electron chi connectivity index (χ1n) is 5.60. The Balaban J connectivity index is 2.38. The third-order valence-electron chi connectivity index (χ3n) is 2.51. The maximum Gasteiger partial charge on any atom is 0.339 e. The van der Waals surface area contributed by atoms with Crippen molar-refractivity contribution >= 4 is 21.7 Å². The summed E-state index contributed by atoms with van der Waals surface area (Å²) in [5.74, 6) is -0.0852. The highest BCUT2D eigenvalue weighted by atomic mass is 35.5. The largest absolute Gasteiger partial charge is 0.377 e. The van der Waals surface area contributed by atoms with Crippen LogP contribution in [0.5, 0.6) is 5.75 Å². The van der Waals surface area contributed by atoms with Gasteiger partial charge in [-0.05, 0) is 36.4 Å². The first-order valence-corrected chi connectivity index (χ1v) is 7.39. The fraction of sp³-hybridized carbons (Fsp3) is 0. The summed E-state index contributed by atoms with van der Waals surface area (Å²) in [4.78, 5) is -0.151. The van der Waals surface area contributed by atoms with Gasteiger partial charge in [-0.1, -0.05) is 17.7 Å². The van der Waals surface area contributed by atoms with Gasteiger partial charge in [-0.2, -0.15) is 18.9 Å². The molecule has 0 N–H and O–H groups in total. The summed E-state index contributed by atoms with van der Waals surface area (Å²) in [6.07, 6.45) is 0. The molecule has 0 saturated carbocycles. The summed E-state index contributed by atoms with van der Waals surface area (Å²) in [5.41, 5.74) is 0.488. The molecule has 21 heavy (non-hydrogen) atoms. The van der Waals surface area contributed by atoms with Crippen molar-refractivity contribution in [3.8, 4) is 17.9 Å². The van der Waals surface area contributed by atoms with Crippen molar-refractivity contribution < 1.29 is 12.6 Å². The van der Waals surface area contributed by atoms with Gasteiger partial charge in [0.1, 0.15) is 4.90 Å². The summed E-state index contributed by atoms with van der Waals surface area (Å²) in [6.45, 7) is 0. The molecule has 0 amide bonds. The molecule has 2 aromatic carbocycles. The zero-order valence-corrected chi connectivity index (χ0v) is 12.0. The molecule has 0 heterocycles. The average Bonchev–Trinajstić information content (AvgIpc) is 2.49. The van der Waals surface area contributed by atoms with Crippen molar-refractivity contribution in [3.63, 3.8) is 0 Å². The third-order valence-corrected chi connectivity index (χ3v) is 4.04. The molecule has 2 rings (SSSR count). The monoisotopic (exact) mass is 318 g/mol. The lowest BCUT2D eigenvalue weighted by molar-refractivity contribution is 0.486. The maximum absolute atomic E-state index is 12.1. The van der Waals surface area contributed by atoms with Gasteiger partial charge < -0.3 is 4.18 Å². The Morgan fingerprint density at radius 2 is 1.67 bits per heavy atom. The lowest BCUT2D eigenvalue weighted by Gasteiger charge is -2.08. The van der Waals surface area contributed by atoms with E-state index in [4.69, 9.17) is 26.3 Å². The van der Waals surface area contributed by atoms with Crippen molar-refractivity contribution in [2.24, 2.45) is 0 Å². The molecule has 7 heteroatoms. The minimum absolute atomic E-state index is 0.00839. The first kappa shape index (κ1) is 14.9. The minimum Gasteiger partial charge on any atom is -0.377 e. The Labute approximate surface area is 126 Å². The van der Waals surface area contributed by atoms with Gasteiger partial charge in [0.15, 0.2) is 5.75 Å². The lowest BCUT2D eigenvalue weighted by Crippen LogP contribution is -2.10. The molecule has 0 radical (unpaired) electrons. The number of nitrogens with zero attached hydrogens (tertiary/aromatic N) is 2. The Morgan fingerprint density at radius 1 is 1.00 bits per heavy atom. The summed E-state index contributed by atoms with van der Waals surface area (Å²) < 4.78 is 29.2. The Kier molecular flexibility index (Phi) is 4.13. The molecule has 0 atom stereocenters. The second-order valence-corrected chi connectivity index (χ2v) is 5.89. The Bertz CT molecular complexity index is 880. The smallest absolute Gasteiger partial charge is 0.339 e. The van der Waals surface area contributed by atoms with Gasteiger partial charge in [-0.15, -0.1) is 0 Å². The molecule has 2 aromatic rings. The van der Waals surface area contributed by atoms with Crippen LogP contribution in [0, 0.1) is 22.7 Å². The normalized spacial score (nSPS) is 10.4. The van der Waals surface area contributed by atoms with Crippen molar-refractivity contribution in [1.82, 2.24) is 0 Å². The molecular formula is C14H7ClN2O3S. The Hall–Kier alpha value is -2.54. The molecule has 0 saturated heterocycles. The number of halogens is 1. The van der Waals surface area contributed by atoms with Crippen LogP contribution in [0.1, 0.15) is 11.1 Å². The van der Waals surface area contributed by atoms with Gasteiger partial charge in [0.05, 0.1) is 28.3 Å². The second-order valence-electron chi connectivity index (χ2n) is 3.93. The van der Waals surface area contributed by atoms with Gasteiger partial charge in [0.25, 0.3) is 0 Å². The maximum atomic E-state index is 12.1. The van der Waals surface area contributed by atoms with Gasteiger partial charge in [0.2, 0.25) is 0 Å². The van der Waals surface area contributed by atoms with E-state index >= 15 is 0 Å². The van der Waals surface area contributed by atoms with Crippen LogP contribution >= 0.6 is 11.6 Å². The van der Waals surface area contributed by atoms with E-state index in [0.29, 0.717) is 0 Å². The average molecular weight is 319 g/mol. The van der Waals surface area contributed by atoms with Crippen LogP contribution in [-0.2, 0) is 10.1 Å². The molecule has 5 nitrogen and oxygen atoms in total. The molecule has 0 fully saturated rings. The standard InChI is InChI=1S/C14H7ClN2O3S/c15-13-7-11(9-17)4-5-14(13)20-21(18,19)12-3-1-2-10(6-12)8-16/h1-7H. The number of hydrogen-bond donors (Lipinski definition) is 0. The topological polar surface area (TPSA) is 90.9 Å². The van der Waals surface area contributed by atoms with E-state index in [1.165, 1.54) is 42.5 Å². The minimum atomic E-state index is -4.11. The van der Waals surface area contributed by atoms with E-state index in [-0.39, 0.29) is 26.8 Å². The Morgan fingerprint density at radius 3 is 2.29 bits per heavy atom. The van der Waals surface area contributed by atoms with Crippen LogP contribution in [0.2, 0.25) is 5.02 Å². The van der Waals surface area contributed by atoms with Crippen molar-refractivity contribution in [2.75, 3.05) is 0 Å². The van der Waals surface area contributed by atoms with Crippen LogP contribution in [0.15, 0.2) is 47.4 Å². The van der Waals surface area contributed by atoms with E-state index < -0.39 is 10.1 Å².